The maximum absolute atomic E-state index is 5.01. The van der Waals surface area contributed by atoms with Gasteiger partial charge in [0.2, 0.25) is 0 Å². The molecular formula is C25H21N. The molecule has 3 aromatic carbocycles. The van der Waals surface area contributed by atoms with Crippen LogP contribution >= 0.6 is 0 Å². The van der Waals surface area contributed by atoms with Gasteiger partial charge in [-0.05, 0) is 36.1 Å². The van der Waals surface area contributed by atoms with Crippen LogP contribution in [0.3, 0.4) is 0 Å². The molecule has 0 fully saturated rings. The van der Waals surface area contributed by atoms with Crippen molar-refractivity contribution >= 4 is 0 Å². The van der Waals surface area contributed by atoms with Crippen molar-refractivity contribution in [1.29, 1.82) is 0 Å². The lowest BCUT2D eigenvalue weighted by molar-refractivity contribution is 1.16. The van der Waals surface area contributed by atoms with Crippen LogP contribution in [0.15, 0.2) is 91.0 Å². The number of hydrogen-bond donors (Lipinski definition) is 0. The van der Waals surface area contributed by atoms with E-state index in [4.69, 9.17) is 4.98 Å². The van der Waals surface area contributed by atoms with Gasteiger partial charge in [-0.1, -0.05) is 91.0 Å². The topological polar surface area (TPSA) is 12.9 Å². The van der Waals surface area contributed by atoms with Crippen molar-refractivity contribution in [3.8, 4) is 33.5 Å². The first kappa shape index (κ1) is 16.3. The average Bonchev–Trinajstić information content (AvgIpc) is 2.71. The lowest BCUT2D eigenvalue weighted by Gasteiger charge is -2.19. The summed E-state index contributed by atoms with van der Waals surface area (Å²) in [5, 5.41) is 0. The van der Waals surface area contributed by atoms with Gasteiger partial charge in [0.1, 0.15) is 0 Å². The molecule has 26 heavy (non-hydrogen) atoms. The van der Waals surface area contributed by atoms with Gasteiger partial charge in [-0.2, -0.15) is 0 Å². The summed E-state index contributed by atoms with van der Waals surface area (Å²) in [6.45, 7) is 4.27. The third-order valence-corrected chi connectivity index (χ3v) is 4.86. The van der Waals surface area contributed by atoms with Crippen LogP contribution in [0.4, 0.5) is 0 Å². The molecule has 0 saturated heterocycles. The maximum Gasteiger partial charge on any atom is 0.0789 e. The van der Waals surface area contributed by atoms with E-state index in [9.17, 15) is 0 Å². The fourth-order valence-electron chi connectivity index (χ4n) is 3.45. The molecule has 0 aliphatic carbocycles. The van der Waals surface area contributed by atoms with E-state index in [0.717, 1.165) is 17.0 Å². The van der Waals surface area contributed by atoms with Crippen LogP contribution in [0.5, 0.6) is 0 Å². The monoisotopic (exact) mass is 335 g/mol. The largest absolute Gasteiger partial charge is 0.252 e. The molecule has 0 saturated carbocycles. The molecule has 0 radical (unpaired) electrons. The molecular weight excluding hydrogens is 314 g/mol. The zero-order valence-corrected chi connectivity index (χ0v) is 15.1. The van der Waals surface area contributed by atoms with Gasteiger partial charge in [-0.15, -0.1) is 0 Å². The van der Waals surface area contributed by atoms with Crippen LogP contribution in [0.2, 0.25) is 0 Å². The van der Waals surface area contributed by atoms with Crippen LogP contribution in [-0.2, 0) is 0 Å². The van der Waals surface area contributed by atoms with Crippen LogP contribution in [0.1, 0.15) is 11.3 Å². The number of aromatic nitrogens is 1. The minimum atomic E-state index is 1.04. The van der Waals surface area contributed by atoms with Gasteiger partial charge >= 0.3 is 0 Å². The number of aryl methyl sites for hydroxylation is 1. The predicted molar refractivity (Wildman–Crippen MR) is 110 cm³/mol. The minimum Gasteiger partial charge on any atom is -0.252 e. The molecule has 1 heteroatoms. The summed E-state index contributed by atoms with van der Waals surface area (Å²) in [5.74, 6) is 0. The van der Waals surface area contributed by atoms with Crippen molar-refractivity contribution in [2.75, 3.05) is 0 Å². The van der Waals surface area contributed by atoms with Crippen molar-refractivity contribution in [2.45, 2.75) is 13.8 Å². The minimum absolute atomic E-state index is 1.04. The van der Waals surface area contributed by atoms with Crippen LogP contribution in [0.25, 0.3) is 33.5 Å². The Hall–Kier alpha value is -3.19. The number of hydrogen-bond acceptors (Lipinski definition) is 1. The molecule has 0 bridgehead atoms. The summed E-state index contributed by atoms with van der Waals surface area (Å²) in [5.41, 5.74) is 9.38. The lowest BCUT2D eigenvalue weighted by atomic mass is 9.87. The van der Waals surface area contributed by atoms with E-state index in [1.165, 1.54) is 27.8 Å². The zero-order chi connectivity index (χ0) is 17.9. The normalized spacial score (nSPS) is 10.7. The molecule has 1 aromatic heterocycles. The van der Waals surface area contributed by atoms with E-state index in [1.54, 1.807) is 0 Å². The van der Waals surface area contributed by atoms with E-state index in [0.29, 0.717) is 0 Å². The summed E-state index contributed by atoms with van der Waals surface area (Å²) in [6, 6.07) is 31.7. The molecule has 1 heterocycles. The molecule has 4 rings (SSSR count). The Kier molecular flexibility index (Phi) is 4.37. The summed E-state index contributed by atoms with van der Waals surface area (Å²) in [4.78, 5) is 5.01. The van der Waals surface area contributed by atoms with Gasteiger partial charge in [0, 0.05) is 16.8 Å². The van der Waals surface area contributed by atoms with Crippen molar-refractivity contribution in [3.05, 3.63) is 102 Å². The van der Waals surface area contributed by atoms with Crippen LogP contribution in [0, 0.1) is 13.8 Å². The van der Waals surface area contributed by atoms with E-state index in [-0.39, 0.29) is 0 Å². The van der Waals surface area contributed by atoms with Gasteiger partial charge in [-0.25, -0.2) is 0 Å². The lowest BCUT2D eigenvalue weighted by Crippen LogP contribution is -2.00. The molecule has 1 nitrogen and oxygen atoms in total. The maximum atomic E-state index is 5.01. The fraction of sp³-hybridized carbons (Fsp3) is 0.0800. The number of benzene rings is 3. The Morgan fingerprint density at radius 2 is 0.923 bits per heavy atom. The third kappa shape index (κ3) is 2.93. The second-order valence-electron chi connectivity index (χ2n) is 6.52. The Balaban J connectivity index is 2.12. The molecule has 0 spiro atoms. The highest BCUT2D eigenvalue weighted by molar-refractivity contribution is 5.94. The first-order valence-corrected chi connectivity index (χ1v) is 8.93. The number of nitrogens with zero attached hydrogens (tertiary/aromatic N) is 1. The molecule has 4 aromatic rings. The SMILES string of the molecule is Cc1nc(-c2ccccc2)c(-c2ccccc2)c(-c2ccccc2)c1C. The summed E-state index contributed by atoms with van der Waals surface area (Å²) < 4.78 is 0. The summed E-state index contributed by atoms with van der Waals surface area (Å²) >= 11 is 0. The number of pyridine rings is 1. The smallest absolute Gasteiger partial charge is 0.0789 e. The highest BCUT2D eigenvalue weighted by atomic mass is 14.7. The highest BCUT2D eigenvalue weighted by Gasteiger charge is 2.19. The second-order valence-corrected chi connectivity index (χ2v) is 6.52. The van der Waals surface area contributed by atoms with Gasteiger partial charge in [0.05, 0.1) is 5.69 Å². The Bertz CT molecular complexity index is 1020. The predicted octanol–water partition coefficient (Wildman–Crippen LogP) is 6.70. The van der Waals surface area contributed by atoms with Crippen LogP contribution < -0.4 is 0 Å². The number of rotatable bonds is 3. The first-order chi connectivity index (χ1) is 12.8. The average molecular weight is 335 g/mol. The Morgan fingerprint density at radius 1 is 0.500 bits per heavy atom. The van der Waals surface area contributed by atoms with E-state index >= 15 is 0 Å². The Morgan fingerprint density at radius 3 is 1.42 bits per heavy atom. The summed E-state index contributed by atoms with van der Waals surface area (Å²) in [7, 11) is 0. The third-order valence-electron chi connectivity index (χ3n) is 4.86. The molecule has 126 valence electrons. The molecule has 0 amide bonds. The quantitative estimate of drug-likeness (QED) is 0.406. The molecule has 0 atom stereocenters. The molecule has 0 aliphatic rings. The second kappa shape index (κ2) is 6.97. The van der Waals surface area contributed by atoms with Gasteiger partial charge in [0.25, 0.3) is 0 Å². The van der Waals surface area contributed by atoms with E-state index < -0.39 is 0 Å². The first-order valence-electron chi connectivity index (χ1n) is 8.93. The van der Waals surface area contributed by atoms with Crippen molar-refractivity contribution in [1.82, 2.24) is 4.98 Å². The fourth-order valence-corrected chi connectivity index (χ4v) is 3.45. The Labute approximate surface area is 155 Å². The van der Waals surface area contributed by atoms with E-state index in [1.807, 2.05) is 6.07 Å². The molecule has 0 N–H and O–H groups in total. The highest BCUT2D eigenvalue weighted by Crippen LogP contribution is 2.41. The van der Waals surface area contributed by atoms with E-state index in [2.05, 4.69) is 98.8 Å². The standard InChI is InChI=1S/C25H21N/c1-18-19(2)26-25(22-16-10-5-11-17-22)24(21-14-8-4-9-15-21)23(18)20-12-6-3-7-13-20/h3-17H,1-2H3. The van der Waals surface area contributed by atoms with Crippen molar-refractivity contribution < 1.29 is 0 Å². The zero-order valence-electron chi connectivity index (χ0n) is 15.1. The van der Waals surface area contributed by atoms with Crippen molar-refractivity contribution in [3.63, 3.8) is 0 Å². The van der Waals surface area contributed by atoms with Crippen molar-refractivity contribution in [2.24, 2.45) is 0 Å². The molecule has 0 unspecified atom stereocenters. The van der Waals surface area contributed by atoms with Gasteiger partial charge in [-0.3, -0.25) is 4.98 Å². The van der Waals surface area contributed by atoms with Gasteiger partial charge in [0.15, 0.2) is 0 Å². The van der Waals surface area contributed by atoms with Gasteiger partial charge < -0.3 is 0 Å². The molecule has 0 aliphatic heterocycles. The van der Waals surface area contributed by atoms with Crippen LogP contribution in [-0.4, -0.2) is 4.98 Å². The summed E-state index contributed by atoms with van der Waals surface area (Å²) in [6.07, 6.45) is 0.